The Morgan fingerprint density at radius 3 is 2.59 bits per heavy atom. The van der Waals surface area contributed by atoms with E-state index in [4.69, 9.17) is 11.6 Å². The van der Waals surface area contributed by atoms with Gasteiger partial charge in [-0.2, -0.15) is 5.10 Å². The molecular formula is C27H27ClN5O3P. The van der Waals surface area contributed by atoms with Crippen LogP contribution in [0.1, 0.15) is 21.6 Å². The van der Waals surface area contributed by atoms with E-state index in [2.05, 4.69) is 5.10 Å². The van der Waals surface area contributed by atoms with Gasteiger partial charge in [0.2, 0.25) is 0 Å². The zero-order chi connectivity index (χ0) is 26.1. The average Bonchev–Trinajstić information content (AvgIpc) is 3.40. The summed E-state index contributed by atoms with van der Waals surface area (Å²) in [6.45, 7) is 4.62. The molecule has 190 valence electrons. The lowest BCUT2D eigenvalue weighted by Gasteiger charge is -2.34. The Balaban J connectivity index is 1.35. The van der Waals surface area contributed by atoms with Crippen molar-refractivity contribution in [3.8, 4) is 0 Å². The summed E-state index contributed by atoms with van der Waals surface area (Å²) < 4.78 is 16.5. The fourth-order valence-electron chi connectivity index (χ4n) is 5.37. The smallest absolute Gasteiger partial charge is 0.275 e. The molecule has 0 bridgehead atoms. The molecule has 37 heavy (non-hydrogen) atoms. The number of aromatic nitrogens is 3. The summed E-state index contributed by atoms with van der Waals surface area (Å²) in [6.07, 6.45) is 2.45. The number of anilines is 1. The highest BCUT2D eigenvalue weighted by molar-refractivity contribution is 7.70. The summed E-state index contributed by atoms with van der Waals surface area (Å²) in [5.41, 5.74) is 3.67. The van der Waals surface area contributed by atoms with E-state index in [1.165, 1.54) is 0 Å². The first-order valence-corrected chi connectivity index (χ1v) is 15.2. The Morgan fingerprint density at radius 2 is 1.86 bits per heavy atom. The predicted octanol–water partition coefficient (Wildman–Crippen LogP) is 3.83. The van der Waals surface area contributed by atoms with Crippen LogP contribution in [0.3, 0.4) is 0 Å². The number of benzene rings is 2. The number of carbonyl (C=O) groups is 2. The maximum absolute atomic E-state index is 13.8. The van der Waals surface area contributed by atoms with E-state index in [0.717, 1.165) is 27.3 Å². The highest BCUT2D eigenvalue weighted by atomic mass is 35.5. The van der Waals surface area contributed by atoms with Crippen LogP contribution >= 0.6 is 18.7 Å². The monoisotopic (exact) mass is 535 g/mol. The number of amides is 2. The molecule has 2 aromatic carbocycles. The maximum atomic E-state index is 13.8. The van der Waals surface area contributed by atoms with Crippen LogP contribution in [0.15, 0.2) is 54.7 Å². The molecule has 2 amide bonds. The maximum Gasteiger partial charge on any atom is 0.275 e. The van der Waals surface area contributed by atoms with Crippen LogP contribution in [0, 0.1) is 0 Å². The molecule has 0 unspecified atom stereocenters. The fourth-order valence-corrected chi connectivity index (χ4v) is 6.53. The normalized spacial score (nSPS) is 17.9. The number of rotatable bonds is 4. The standard InChI is InChI=1S/C27H27ClN5O3P/c1-30-21-14-19(37(2,3)36)13-18-9-11-31(24(18)21)16-22(26(30)34)32-12-10-20-23(27(32)35)29-33(25(20)28)15-17-7-5-4-6-8-17/h4-9,11,13-14,22H,10,12,15-16H2,1-3H3/t22-/m0/s1. The van der Waals surface area contributed by atoms with E-state index in [0.29, 0.717) is 42.6 Å². The Hall–Kier alpha value is -3.35. The summed E-state index contributed by atoms with van der Waals surface area (Å²) in [6, 6.07) is 14.9. The van der Waals surface area contributed by atoms with E-state index in [-0.39, 0.29) is 11.8 Å². The van der Waals surface area contributed by atoms with Gasteiger partial charge in [0.25, 0.3) is 11.8 Å². The highest BCUT2D eigenvalue weighted by Gasteiger charge is 2.40. The number of likely N-dealkylation sites (N-methyl/N-ethyl adjacent to an activating group) is 1. The van der Waals surface area contributed by atoms with Crippen molar-refractivity contribution in [1.29, 1.82) is 0 Å². The van der Waals surface area contributed by atoms with Crippen LogP contribution in [0.5, 0.6) is 0 Å². The van der Waals surface area contributed by atoms with Crippen LogP contribution in [0.25, 0.3) is 10.9 Å². The number of fused-ring (bicyclic) bond motifs is 1. The summed E-state index contributed by atoms with van der Waals surface area (Å²) in [7, 11) is -0.820. The molecule has 0 radical (unpaired) electrons. The Labute approximate surface area is 219 Å². The van der Waals surface area contributed by atoms with Gasteiger partial charge in [-0.05, 0) is 43.5 Å². The molecule has 0 saturated carbocycles. The van der Waals surface area contributed by atoms with Crippen molar-refractivity contribution >= 4 is 52.5 Å². The second kappa shape index (κ2) is 8.61. The molecule has 4 heterocycles. The number of hydrogen-bond acceptors (Lipinski definition) is 4. The van der Waals surface area contributed by atoms with Gasteiger partial charge < -0.3 is 18.9 Å². The van der Waals surface area contributed by atoms with Gasteiger partial charge in [-0.1, -0.05) is 41.9 Å². The van der Waals surface area contributed by atoms with Crippen molar-refractivity contribution in [2.24, 2.45) is 0 Å². The minimum absolute atomic E-state index is 0.184. The summed E-state index contributed by atoms with van der Waals surface area (Å²) in [4.78, 5) is 30.7. The lowest BCUT2D eigenvalue weighted by atomic mass is 10.0. The lowest BCUT2D eigenvalue weighted by Crippen LogP contribution is -2.53. The van der Waals surface area contributed by atoms with Gasteiger partial charge >= 0.3 is 0 Å². The first-order chi connectivity index (χ1) is 17.6. The van der Waals surface area contributed by atoms with Crippen LogP contribution in [0.4, 0.5) is 5.69 Å². The largest absolute Gasteiger partial charge is 0.343 e. The third-order valence-corrected chi connectivity index (χ3v) is 9.32. The molecule has 4 aromatic rings. The van der Waals surface area contributed by atoms with Gasteiger partial charge in [-0.3, -0.25) is 9.59 Å². The zero-order valence-corrected chi connectivity index (χ0v) is 22.5. The van der Waals surface area contributed by atoms with Gasteiger partial charge in [0.1, 0.15) is 18.3 Å². The summed E-state index contributed by atoms with van der Waals surface area (Å²) in [5.74, 6) is -0.473. The van der Waals surface area contributed by atoms with Crippen molar-refractivity contribution in [1.82, 2.24) is 19.2 Å². The molecule has 0 saturated heterocycles. The minimum atomic E-state index is -2.54. The Bertz CT molecular complexity index is 1620. The fraction of sp³-hybridized carbons (Fsp3) is 0.296. The molecule has 0 N–H and O–H groups in total. The van der Waals surface area contributed by atoms with E-state index >= 15 is 0 Å². The number of hydrogen-bond donors (Lipinski definition) is 0. The lowest BCUT2D eigenvalue weighted by molar-refractivity contribution is -0.123. The second-order valence-corrected chi connectivity index (χ2v) is 13.7. The summed E-state index contributed by atoms with van der Waals surface area (Å²) >= 11 is 6.65. The third kappa shape index (κ3) is 3.90. The van der Waals surface area contributed by atoms with Crippen molar-refractivity contribution in [2.45, 2.75) is 25.6 Å². The van der Waals surface area contributed by atoms with Crippen molar-refractivity contribution < 1.29 is 14.2 Å². The molecule has 1 atom stereocenters. The molecule has 2 aliphatic heterocycles. The van der Waals surface area contributed by atoms with E-state index < -0.39 is 13.2 Å². The third-order valence-electron chi connectivity index (χ3n) is 7.39. The molecular weight excluding hydrogens is 509 g/mol. The molecule has 0 fully saturated rings. The predicted molar refractivity (Wildman–Crippen MR) is 146 cm³/mol. The molecule has 0 aliphatic carbocycles. The van der Waals surface area contributed by atoms with Crippen LogP contribution in [-0.2, 0) is 28.9 Å². The molecule has 10 heteroatoms. The Kier molecular flexibility index (Phi) is 5.58. The number of halogens is 1. The van der Waals surface area contributed by atoms with Crippen LogP contribution in [-0.4, -0.2) is 64.0 Å². The number of carbonyl (C=O) groups excluding carboxylic acids is 2. The van der Waals surface area contributed by atoms with Gasteiger partial charge in [0.15, 0.2) is 5.69 Å². The van der Waals surface area contributed by atoms with Gasteiger partial charge in [-0.25, -0.2) is 4.68 Å². The zero-order valence-electron chi connectivity index (χ0n) is 20.9. The molecule has 8 nitrogen and oxygen atoms in total. The highest BCUT2D eigenvalue weighted by Crippen LogP contribution is 2.40. The van der Waals surface area contributed by atoms with Crippen LogP contribution < -0.4 is 10.2 Å². The molecule has 2 aromatic heterocycles. The SMILES string of the molecule is CN1C(=O)[C@@H](N2CCc3c(nn(Cc4ccccc4)c3Cl)C2=O)Cn2ccc3cc(P(C)(C)=O)cc1c32. The van der Waals surface area contributed by atoms with Gasteiger partial charge in [0.05, 0.1) is 24.3 Å². The second-order valence-electron chi connectivity index (χ2n) is 10.1. The first kappa shape index (κ1) is 24.0. The van der Waals surface area contributed by atoms with Gasteiger partial charge in [-0.15, -0.1) is 0 Å². The Morgan fingerprint density at radius 1 is 1.11 bits per heavy atom. The minimum Gasteiger partial charge on any atom is -0.343 e. The first-order valence-electron chi connectivity index (χ1n) is 12.2. The van der Waals surface area contributed by atoms with Crippen molar-refractivity contribution in [3.63, 3.8) is 0 Å². The van der Waals surface area contributed by atoms with E-state index in [1.807, 2.05) is 59.3 Å². The molecule has 6 rings (SSSR count). The quantitative estimate of drug-likeness (QED) is 0.372. The molecule has 2 aliphatic rings. The molecule has 0 spiro atoms. The average molecular weight is 536 g/mol. The van der Waals surface area contributed by atoms with Gasteiger partial charge in [0, 0.05) is 36.0 Å². The topological polar surface area (TPSA) is 80.4 Å². The van der Waals surface area contributed by atoms with Crippen LogP contribution in [0.2, 0.25) is 5.15 Å². The van der Waals surface area contributed by atoms with Crippen molar-refractivity contribution in [3.05, 3.63) is 76.7 Å². The summed E-state index contributed by atoms with van der Waals surface area (Å²) in [5, 5.41) is 6.69. The van der Waals surface area contributed by atoms with E-state index in [1.54, 1.807) is 34.9 Å². The van der Waals surface area contributed by atoms with Crippen molar-refractivity contribution in [2.75, 3.05) is 31.8 Å². The number of nitrogens with zero attached hydrogens (tertiary/aromatic N) is 5. The van der Waals surface area contributed by atoms with E-state index in [9.17, 15) is 14.2 Å².